The van der Waals surface area contributed by atoms with E-state index in [9.17, 15) is 0 Å². The Morgan fingerprint density at radius 1 is 1.60 bits per heavy atom. The Morgan fingerprint density at radius 3 is 3.00 bits per heavy atom. The Labute approximate surface area is 96.1 Å². The Hall–Kier alpha value is -0.380. The molecule has 1 aromatic heterocycles. The van der Waals surface area contributed by atoms with Gasteiger partial charge in [0.2, 0.25) is 0 Å². The van der Waals surface area contributed by atoms with Crippen LogP contribution >= 0.6 is 11.3 Å². The second kappa shape index (κ2) is 4.64. The molecule has 2 heterocycles. The number of aryl methyl sites for hydroxylation is 1. The van der Waals surface area contributed by atoms with Crippen LogP contribution in [0.25, 0.3) is 0 Å². The number of piperidine rings is 1. The lowest BCUT2D eigenvalue weighted by Gasteiger charge is -2.38. The van der Waals surface area contributed by atoms with Crippen molar-refractivity contribution >= 4 is 11.3 Å². The molecule has 15 heavy (non-hydrogen) atoms. The first kappa shape index (κ1) is 11.1. The molecule has 0 amide bonds. The zero-order valence-electron chi connectivity index (χ0n) is 9.57. The molecule has 2 atom stereocenters. The largest absolute Gasteiger partial charge is 0.330 e. The van der Waals surface area contributed by atoms with Crippen LogP contribution in [0.15, 0.2) is 11.4 Å². The van der Waals surface area contributed by atoms with Crippen LogP contribution < -0.4 is 5.73 Å². The van der Waals surface area contributed by atoms with Crippen LogP contribution in [-0.4, -0.2) is 25.0 Å². The fourth-order valence-corrected chi connectivity index (χ4v) is 3.79. The third-order valence-corrected chi connectivity index (χ3v) is 4.57. The normalized spacial score (nSPS) is 28.2. The second-order valence-corrected chi connectivity index (χ2v) is 5.48. The number of hydrogen-bond donors (Lipinski definition) is 1. The average molecular weight is 224 g/mol. The van der Waals surface area contributed by atoms with Crippen LogP contribution in [0.5, 0.6) is 0 Å². The zero-order chi connectivity index (χ0) is 10.8. The van der Waals surface area contributed by atoms with Gasteiger partial charge in [-0.2, -0.15) is 0 Å². The van der Waals surface area contributed by atoms with Gasteiger partial charge in [-0.3, -0.25) is 4.90 Å². The highest BCUT2D eigenvalue weighted by Crippen LogP contribution is 2.38. The summed E-state index contributed by atoms with van der Waals surface area (Å²) in [5.41, 5.74) is 7.32. The summed E-state index contributed by atoms with van der Waals surface area (Å²) in [4.78, 5) is 3.99. The van der Waals surface area contributed by atoms with E-state index < -0.39 is 0 Å². The number of thiophene rings is 1. The van der Waals surface area contributed by atoms with Gasteiger partial charge in [-0.25, -0.2) is 0 Å². The third-order valence-electron chi connectivity index (χ3n) is 3.48. The van der Waals surface area contributed by atoms with Gasteiger partial charge >= 0.3 is 0 Å². The maximum Gasteiger partial charge on any atom is 0.0481 e. The van der Waals surface area contributed by atoms with Crippen molar-refractivity contribution in [2.45, 2.75) is 25.8 Å². The summed E-state index contributed by atoms with van der Waals surface area (Å²) in [5, 5.41) is 2.20. The zero-order valence-corrected chi connectivity index (χ0v) is 10.4. The highest BCUT2D eigenvalue weighted by Gasteiger charge is 2.31. The van der Waals surface area contributed by atoms with Crippen LogP contribution in [-0.2, 0) is 0 Å². The van der Waals surface area contributed by atoms with E-state index in [4.69, 9.17) is 5.73 Å². The molecule has 2 rings (SSSR count). The molecule has 1 fully saturated rings. The maximum absolute atomic E-state index is 5.89. The standard InChI is InChI=1S/C12H20N2S/c1-9-5-7-15-12(9)11-10(8-13)4-3-6-14(11)2/h5,7,10-11H,3-4,6,8,13H2,1-2H3. The summed E-state index contributed by atoms with van der Waals surface area (Å²) in [7, 11) is 2.23. The first-order chi connectivity index (χ1) is 7.24. The van der Waals surface area contributed by atoms with Crippen molar-refractivity contribution in [3.8, 4) is 0 Å². The smallest absolute Gasteiger partial charge is 0.0481 e. The molecule has 1 aromatic rings. The molecule has 0 radical (unpaired) electrons. The highest BCUT2D eigenvalue weighted by molar-refractivity contribution is 7.10. The van der Waals surface area contributed by atoms with E-state index in [-0.39, 0.29) is 0 Å². The maximum atomic E-state index is 5.89. The molecule has 1 aliphatic rings. The van der Waals surface area contributed by atoms with Crippen molar-refractivity contribution in [2.24, 2.45) is 11.7 Å². The highest BCUT2D eigenvalue weighted by atomic mass is 32.1. The van der Waals surface area contributed by atoms with Crippen molar-refractivity contribution in [2.75, 3.05) is 20.1 Å². The fourth-order valence-electron chi connectivity index (χ4n) is 2.61. The summed E-state index contributed by atoms with van der Waals surface area (Å²) >= 11 is 1.88. The number of hydrogen-bond acceptors (Lipinski definition) is 3. The Bertz CT molecular complexity index is 321. The predicted molar refractivity (Wildman–Crippen MR) is 66.2 cm³/mol. The van der Waals surface area contributed by atoms with Crippen molar-refractivity contribution in [3.63, 3.8) is 0 Å². The van der Waals surface area contributed by atoms with E-state index in [0.29, 0.717) is 12.0 Å². The lowest BCUT2D eigenvalue weighted by Crippen LogP contribution is -2.39. The van der Waals surface area contributed by atoms with Crippen LogP contribution in [0, 0.1) is 12.8 Å². The van der Waals surface area contributed by atoms with E-state index in [2.05, 4.69) is 30.3 Å². The van der Waals surface area contributed by atoms with Gasteiger partial charge in [-0.15, -0.1) is 11.3 Å². The quantitative estimate of drug-likeness (QED) is 0.836. The van der Waals surface area contributed by atoms with Gasteiger partial charge in [-0.1, -0.05) is 0 Å². The molecule has 2 nitrogen and oxygen atoms in total. The first-order valence-electron chi connectivity index (χ1n) is 5.68. The van der Waals surface area contributed by atoms with Gasteiger partial charge in [0, 0.05) is 10.9 Å². The van der Waals surface area contributed by atoms with E-state index in [1.807, 2.05) is 11.3 Å². The minimum absolute atomic E-state index is 0.559. The first-order valence-corrected chi connectivity index (χ1v) is 6.56. The van der Waals surface area contributed by atoms with Gasteiger partial charge in [0.25, 0.3) is 0 Å². The molecule has 0 saturated carbocycles. The molecule has 3 heteroatoms. The van der Waals surface area contributed by atoms with Crippen LogP contribution in [0.2, 0.25) is 0 Å². The summed E-state index contributed by atoms with van der Waals surface area (Å²) in [6, 6.07) is 2.78. The van der Waals surface area contributed by atoms with Crippen molar-refractivity contribution in [1.82, 2.24) is 4.90 Å². The molecule has 0 bridgehead atoms. The lowest BCUT2D eigenvalue weighted by atomic mass is 9.87. The van der Waals surface area contributed by atoms with Crippen molar-refractivity contribution in [1.29, 1.82) is 0 Å². The average Bonchev–Trinajstić information content (AvgIpc) is 2.64. The molecule has 0 spiro atoms. The molecule has 1 aliphatic heterocycles. The summed E-state index contributed by atoms with van der Waals surface area (Å²) in [6.45, 7) is 4.23. The Morgan fingerprint density at radius 2 is 2.40 bits per heavy atom. The van der Waals surface area contributed by atoms with Gasteiger partial charge in [0.1, 0.15) is 0 Å². The molecule has 0 aliphatic carbocycles. The number of rotatable bonds is 2. The number of nitrogens with zero attached hydrogens (tertiary/aromatic N) is 1. The van der Waals surface area contributed by atoms with E-state index in [1.165, 1.54) is 29.8 Å². The Balaban J connectivity index is 2.27. The van der Waals surface area contributed by atoms with Gasteiger partial charge < -0.3 is 5.73 Å². The predicted octanol–water partition coefficient (Wildman–Crippen LogP) is 2.40. The van der Waals surface area contributed by atoms with E-state index in [0.717, 1.165) is 6.54 Å². The van der Waals surface area contributed by atoms with Crippen LogP contribution in [0.1, 0.15) is 29.3 Å². The molecule has 1 saturated heterocycles. The molecule has 2 N–H and O–H groups in total. The molecular weight excluding hydrogens is 204 g/mol. The monoisotopic (exact) mass is 224 g/mol. The number of nitrogens with two attached hydrogens (primary N) is 1. The summed E-state index contributed by atoms with van der Waals surface area (Å²) < 4.78 is 0. The topological polar surface area (TPSA) is 29.3 Å². The molecule has 0 aromatic carbocycles. The molecular formula is C12H20N2S. The molecule has 2 unspecified atom stereocenters. The van der Waals surface area contributed by atoms with Crippen LogP contribution in [0.3, 0.4) is 0 Å². The van der Waals surface area contributed by atoms with Crippen molar-refractivity contribution < 1.29 is 0 Å². The molecule has 84 valence electrons. The summed E-state index contributed by atoms with van der Waals surface area (Å²) in [5.74, 6) is 0.640. The Kier molecular flexibility index (Phi) is 3.44. The second-order valence-electron chi connectivity index (χ2n) is 4.53. The SMILES string of the molecule is Cc1ccsc1C1C(CN)CCCN1C. The fraction of sp³-hybridized carbons (Fsp3) is 0.667. The van der Waals surface area contributed by atoms with Gasteiger partial charge in [0.05, 0.1) is 0 Å². The van der Waals surface area contributed by atoms with Gasteiger partial charge in [-0.05, 0) is 62.8 Å². The van der Waals surface area contributed by atoms with E-state index >= 15 is 0 Å². The minimum atomic E-state index is 0.559. The third kappa shape index (κ3) is 2.10. The number of likely N-dealkylation sites (tertiary alicyclic amines) is 1. The van der Waals surface area contributed by atoms with Crippen LogP contribution in [0.4, 0.5) is 0 Å². The van der Waals surface area contributed by atoms with E-state index in [1.54, 1.807) is 0 Å². The minimum Gasteiger partial charge on any atom is -0.330 e. The lowest BCUT2D eigenvalue weighted by molar-refractivity contribution is 0.127. The van der Waals surface area contributed by atoms with Gasteiger partial charge in [0.15, 0.2) is 0 Å². The van der Waals surface area contributed by atoms with Crippen molar-refractivity contribution in [3.05, 3.63) is 21.9 Å². The summed E-state index contributed by atoms with van der Waals surface area (Å²) in [6.07, 6.45) is 2.57.